The monoisotopic (exact) mass is 364 g/mol. The van der Waals surface area contributed by atoms with Gasteiger partial charge in [0, 0.05) is 5.69 Å². The summed E-state index contributed by atoms with van der Waals surface area (Å²) in [6.07, 6.45) is 0.947. The van der Waals surface area contributed by atoms with Crippen molar-refractivity contribution >= 4 is 27.3 Å². The van der Waals surface area contributed by atoms with Gasteiger partial charge in [0.25, 0.3) is 0 Å². The Morgan fingerprint density at radius 3 is 2.16 bits per heavy atom. The number of carbonyl (C=O) groups is 1. The maximum Gasteiger partial charge on any atom is 0.248 e. The summed E-state index contributed by atoms with van der Waals surface area (Å²) in [5, 5.41) is 2.75. The second kappa shape index (κ2) is 7.23. The van der Waals surface area contributed by atoms with E-state index in [1.54, 1.807) is 0 Å². The molecule has 1 N–H and O–H groups in total. The SMILES string of the molecule is Cc1cccc(C)c1NC(=O)C(C)N(c1ccccc1F)S(C)(=O)=O. The highest BCUT2D eigenvalue weighted by molar-refractivity contribution is 7.92. The average Bonchev–Trinajstić information content (AvgIpc) is 2.51. The van der Waals surface area contributed by atoms with Gasteiger partial charge in [0.2, 0.25) is 15.9 Å². The molecule has 0 aromatic heterocycles. The van der Waals surface area contributed by atoms with Crippen LogP contribution in [0.25, 0.3) is 0 Å². The van der Waals surface area contributed by atoms with Crippen LogP contribution in [0.4, 0.5) is 15.8 Å². The van der Waals surface area contributed by atoms with E-state index >= 15 is 0 Å². The highest BCUT2D eigenvalue weighted by atomic mass is 32.2. The third kappa shape index (κ3) is 4.17. The van der Waals surface area contributed by atoms with Crippen molar-refractivity contribution in [3.63, 3.8) is 0 Å². The Labute approximate surface area is 147 Å². The van der Waals surface area contributed by atoms with E-state index in [0.717, 1.165) is 27.8 Å². The van der Waals surface area contributed by atoms with Crippen molar-refractivity contribution in [3.05, 3.63) is 59.4 Å². The molecule has 2 aromatic carbocycles. The van der Waals surface area contributed by atoms with Crippen molar-refractivity contribution in [2.75, 3.05) is 15.9 Å². The summed E-state index contributed by atoms with van der Waals surface area (Å²) in [4.78, 5) is 12.6. The molecule has 0 spiro atoms. The summed E-state index contributed by atoms with van der Waals surface area (Å²) in [7, 11) is -3.86. The van der Waals surface area contributed by atoms with Gasteiger partial charge < -0.3 is 5.32 Å². The summed E-state index contributed by atoms with van der Waals surface area (Å²) in [6, 6.07) is 9.91. The molecule has 0 bridgehead atoms. The van der Waals surface area contributed by atoms with Crippen LogP contribution in [0.1, 0.15) is 18.1 Å². The molecule has 25 heavy (non-hydrogen) atoms. The number of hydrogen-bond donors (Lipinski definition) is 1. The fraction of sp³-hybridized carbons (Fsp3) is 0.278. The van der Waals surface area contributed by atoms with Crippen LogP contribution in [0.2, 0.25) is 0 Å². The zero-order chi connectivity index (χ0) is 18.8. The largest absolute Gasteiger partial charge is 0.324 e. The van der Waals surface area contributed by atoms with Gasteiger partial charge in [0.15, 0.2) is 0 Å². The van der Waals surface area contributed by atoms with Crippen molar-refractivity contribution in [1.29, 1.82) is 0 Å². The minimum absolute atomic E-state index is 0.158. The van der Waals surface area contributed by atoms with E-state index < -0.39 is 27.8 Å². The molecule has 0 saturated heterocycles. The normalized spacial score (nSPS) is 12.5. The number of rotatable bonds is 5. The Bertz CT molecular complexity index is 877. The predicted molar refractivity (Wildman–Crippen MR) is 97.7 cm³/mol. The molecule has 0 fully saturated rings. The van der Waals surface area contributed by atoms with Crippen molar-refractivity contribution in [3.8, 4) is 0 Å². The lowest BCUT2D eigenvalue weighted by Gasteiger charge is -2.28. The molecule has 0 saturated carbocycles. The lowest BCUT2D eigenvalue weighted by molar-refractivity contribution is -0.116. The fourth-order valence-electron chi connectivity index (χ4n) is 2.65. The van der Waals surface area contributed by atoms with Crippen molar-refractivity contribution in [2.45, 2.75) is 26.8 Å². The molecule has 1 atom stereocenters. The number of carbonyl (C=O) groups excluding carboxylic acids is 1. The third-order valence-electron chi connectivity index (χ3n) is 3.91. The van der Waals surface area contributed by atoms with E-state index in [1.807, 2.05) is 32.0 Å². The van der Waals surface area contributed by atoms with Crippen molar-refractivity contribution < 1.29 is 17.6 Å². The van der Waals surface area contributed by atoms with Crippen molar-refractivity contribution in [1.82, 2.24) is 0 Å². The van der Waals surface area contributed by atoms with Crippen molar-refractivity contribution in [2.24, 2.45) is 0 Å². The first-order valence-corrected chi connectivity index (χ1v) is 9.58. The predicted octanol–water partition coefficient (Wildman–Crippen LogP) is 3.24. The molecule has 0 aliphatic carbocycles. The van der Waals surface area contributed by atoms with Crippen LogP contribution in [0.15, 0.2) is 42.5 Å². The highest BCUT2D eigenvalue weighted by Gasteiger charge is 2.31. The quantitative estimate of drug-likeness (QED) is 0.886. The molecule has 2 rings (SSSR count). The maximum absolute atomic E-state index is 14.1. The molecule has 0 aliphatic heterocycles. The highest BCUT2D eigenvalue weighted by Crippen LogP contribution is 2.25. The summed E-state index contributed by atoms with van der Waals surface area (Å²) in [6.45, 7) is 5.12. The molecule has 2 aromatic rings. The zero-order valence-electron chi connectivity index (χ0n) is 14.6. The molecule has 0 heterocycles. The smallest absolute Gasteiger partial charge is 0.248 e. The molecule has 7 heteroatoms. The van der Waals surface area contributed by atoms with Gasteiger partial charge in [-0.15, -0.1) is 0 Å². The van der Waals surface area contributed by atoms with Gasteiger partial charge in [0.05, 0.1) is 11.9 Å². The minimum atomic E-state index is -3.86. The number of nitrogens with one attached hydrogen (secondary N) is 1. The summed E-state index contributed by atoms with van der Waals surface area (Å²) < 4.78 is 39.3. The van der Waals surface area contributed by atoms with Crippen LogP contribution < -0.4 is 9.62 Å². The topological polar surface area (TPSA) is 66.5 Å². The number of hydrogen-bond acceptors (Lipinski definition) is 3. The van der Waals surface area contributed by atoms with Gasteiger partial charge in [-0.05, 0) is 44.0 Å². The lowest BCUT2D eigenvalue weighted by Crippen LogP contribution is -2.45. The van der Waals surface area contributed by atoms with Gasteiger partial charge >= 0.3 is 0 Å². The number of para-hydroxylation sites is 2. The Hall–Kier alpha value is -2.41. The number of benzene rings is 2. The molecular formula is C18H21FN2O3S. The van der Waals surface area contributed by atoms with Crippen LogP contribution in [0.5, 0.6) is 0 Å². The first-order chi connectivity index (χ1) is 11.6. The Balaban J connectivity index is 2.39. The first-order valence-electron chi connectivity index (χ1n) is 7.74. The number of amides is 1. The van der Waals surface area contributed by atoms with Gasteiger partial charge in [-0.3, -0.25) is 9.10 Å². The van der Waals surface area contributed by atoms with Gasteiger partial charge in [-0.1, -0.05) is 30.3 Å². The van der Waals surface area contributed by atoms with E-state index in [4.69, 9.17) is 0 Å². The number of halogens is 1. The average molecular weight is 364 g/mol. The van der Waals surface area contributed by atoms with Gasteiger partial charge in [-0.25, -0.2) is 12.8 Å². The Kier molecular flexibility index (Phi) is 5.47. The van der Waals surface area contributed by atoms with Gasteiger partial charge in [-0.2, -0.15) is 0 Å². The molecule has 134 valence electrons. The molecule has 1 unspecified atom stereocenters. The molecule has 5 nitrogen and oxygen atoms in total. The Morgan fingerprint density at radius 2 is 1.64 bits per heavy atom. The second-order valence-electron chi connectivity index (χ2n) is 5.94. The van der Waals surface area contributed by atoms with Crippen LogP contribution in [-0.4, -0.2) is 26.6 Å². The minimum Gasteiger partial charge on any atom is -0.324 e. The number of anilines is 2. The van der Waals surface area contributed by atoms with E-state index in [0.29, 0.717) is 5.69 Å². The summed E-state index contributed by atoms with van der Waals surface area (Å²) >= 11 is 0. The second-order valence-corrected chi connectivity index (χ2v) is 7.80. The number of aryl methyl sites for hydroxylation is 2. The molecule has 0 radical (unpaired) electrons. The van der Waals surface area contributed by atoms with E-state index in [1.165, 1.54) is 25.1 Å². The molecule has 1 amide bonds. The number of nitrogens with zero attached hydrogens (tertiary/aromatic N) is 1. The van der Waals surface area contributed by atoms with Crippen LogP contribution in [-0.2, 0) is 14.8 Å². The van der Waals surface area contributed by atoms with E-state index in [2.05, 4.69) is 5.32 Å². The maximum atomic E-state index is 14.1. The Morgan fingerprint density at radius 1 is 1.08 bits per heavy atom. The van der Waals surface area contributed by atoms with E-state index in [9.17, 15) is 17.6 Å². The first kappa shape index (κ1) is 18.9. The standard InChI is InChI=1S/C18H21FN2O3S/c1-12-8-7-9-13(2)17(12)20-18(22)14(3)21(25(4,23)24)16-11-6-5-10-15(16)19/h5-11,14H,1-4H3,(H,20,22). The van der Waals surface area contributed by atoms with Crippen LogP contribution in [0.3, 0.4) is 0 Å². The molecule has 0 aliphatic rings. The zero-order valence-corrected chi connectivity index (χ0v) is 15.4. The summed E-state index contributed by atoms with van der Waals surface area (Å²) in [5.74, 6) is -1.24. The lowest BCUT2D eigenvalue weighted by atomic mass is 10.1. The molecular weight excluding hydrogens is 343 g/mol. The van der Waals surface area contributed by atoms with E-state index in [-0.39, 0.29) is 5.69 Å². The fourth-order valence-corrected chi connectivity index (χ4v) is 3.83. The summed E-state index contributed by atoms with van der Waals surface area (Å²) in [5.41, 5.74) is 2.19. The van der Waals surface area contributed by atoms with Gasteiger partial charge in [0.1, 0.15) is 11.9 Å². The van der Waals surface area contributed by atoms with Crippen LogP contribution in [0, 0.1) is 19.7 Å². The number of sulfonamides is 1. The van der Waals surface area contributed by atoms with Crippen LogP contribution >= 0.6 is 0 Å². The third-order valence-corrected chi connectivity index (χ3v) is 5.14.